The number of nitrogens with zero attached hydrogens (tertiary/aromatic N) is 1. The van der Waals surface area contributed by atoms with Crippen molar-refractivity contribution in [3.63, 3.8) is 0 Å². The summed E-state index contributed by atoms with van der Waals surface area (Å²) in [5.74, 6) is 0.847. The Morgan fingerprint density at radius 2 is 2.12 bits per heavy atom. The Labute approximate surface area is 111 Å². The molecule has 1 aromatic rings. The molecule has 0 N–H and O–H groups in total. The molecule has 1 amide bonds. The average Bonchev–Trinajstić information content (AvgIpc) is 2.69. The number of hydrogen-bond donors (Lipinski definition) is 0. The summed E-state index contributed by atoms with van der Waals surface area (Å²) in [7, 11) is 0. The summed E-state index contributed by atoms with van der Waals surface area (Å²) in [6.07, 6.45) is 2.18. The number of carbonyl (C=O) groups is 1. The summed E-state index contributed by atoms with van der Waals surface area (Å²) in [5, 5.41) is 0.912. The highest BCUT2D eigenvalue weighted by atomic mass is 35.5. The molecule has 0 saturated carbocycles. The van der Waals surface area contributed by atoms with Gasteiger partial charge < -0.3 is 4.90 Å². The Balaban J connectivity index is 2.13. The quantitative estimate of drug-likeness (QED) is 0.830. The van der Waals surface area contributed by atoms with Gasteiger partial charge in [0.2, 0.25) is 5.91 Å². The summed E-state index contributed by atoms with van der Waals surface area (Å²) >= 11 is 7.58. The smallest absolute Gasteiger partial charge is 0.233 e. The molecule has 2 nitrogen and oxygen atoms in total. The summed E-state index contributed by atoms with van der Waals surface area (Å²) in [4.78, 5) is 13.8. The van der Waals surface area contributed by atoms with Crippen LogP contribution in [0.3, 0.4) is 0 Å². The van der Waals surface area contributed by atoms with Crippen LogP contribution >= 0.6 is 23.4 Å². The zero-order valence-electron chi connectivity index (χ0n) is 9.86. The summed E-state index contributed by atoms with van der Waals surface area (Å²) in [5.41, 5.74) is 1.17. The molecule has 17 heavy (non-hydrogen) atoms. The third-order valence-corrected chi connectivity index (χ3v) is 4.38. The van der Waals surface area contributed by atoms with E-state index in [1.807, 2.05) is 29.2 Å². The van der Waals surface area contributed by atoms with Gasteiger partial charge in [-0.1, -0.05) is 37.1 Å². The normalized spacial score (nSPS) is 20.0. The van der Waals surface area contributed by atoms with Gasteiger partial charge in [-0.2, -0.15) is 0 Å². The van der Waals surface area contributed by atoms with E-state index in [2.05, 4.69) is 6.92 Å². The molecule has 1 aromatic carbocycles. The van der Waals surface area contributed by atoms with Crippen LogP contribution in [0.5, 0.6) is 0 Å². The molecule has 1 fully saturated rings. The second-order valence-corrected chi connectivity index (χ2v) is 5.66. The Morgan fingerprint density at radius 3 is 2.76 bits per heavy atom. The predicted octanol–water partition coefficient (Wildman–Crippen LogP) is 3.71. The molecule has 1 unspecified atom stereocenters. The number of thioether (sulfide) groups is 1. The van der Waals surface area contributed by atoms with Gasteiger partial charge in [-0.05, 0) is 24.1 Å². The van der Waals surface area contributed by atoms with Crippen molar-refractivity contribution < 1.29 is 4.79 Å². The van der Waals surface area contributed by atoms with Crippen molar-refractivity contribution >= 4 is 29.3 Å². The molecular weight excluding hydrogens is 254 g/mol. The zero-order chi connectivity index (χ0) is 12.3. The first-order chi connectivity index (χ1) is 8.22. The number of hydrogen-bond acceptors (Lipinski definition) is 2. The third kappa shape index (κ3) is 2.96. The van der Waals surface area contributed by atoms with Crippen molar-refractivity contribution in [1.29, 1.82) is 0 Å². The van der Waals surface area contributed by atoms with Gasteiger partial charge in [0.25, 0.3) is 0 Å². The Kier molecular flexibility index (Phi) is 4.35. The van der Waals surface area contributed by atoms with Crippen LogP contribution in [-0.4, -0.2) is 23.1 Å². The lowest BCUT2D eigenvalue weighted by Gasteiger charge is -2.24. The van der Waals surface area contributed by atoms with Crippen LogP contribution in [0.15, 0.2) is 24.3 Å². The maximum atomic E-state index is 11.8. The van der Waals surface area contributed by atoms with E-state index < -0.39 is 0 Å². The summed E-state index contributed by atoms with van der Waals surface area (Å²) in [6, 6.07) is 7.80. The second-order valence-electron chi connectivity index (χ2n) is 4.16. The van der Waals surface area contributed by atoms with Crippen LogP contribution in [0.1, 0.15) is 30.7 Å². The third-order valence-electron chi connectivity index (χ3n) is 2.88. The van der Waals surface area contributed by atoms with E-state index >= 15 is 0 Å². The van der Waals surface area contributed by atoms with Crippen molar-refractivity contribution in [2.24, 2.45) is 0 Å². The van der Waals surface area contributed by atoms with Crippen LogP contribution in [0.25, 0.3) is 0 Å². The molecule has 1 heterocycles. The molecular formula is C13H16ClNOS. The topological polar surface area (TPSA) is 20.3 Å². The highest BCUT2D eigenvalue weighted by Crippen LogP contribution is 2.38. The van der Waals surface area contributed by atoms with Gasteiger partial charge >= 0.3 is 0 Å². The van der Waals surface area contributed by atoms with Crippen LogP contribution in [0.2, 0.25) is 5.02 Å². The Bertz CT molecular complexity index is 393. The molecule has 92 valence electrons. The lowest BCUT2D eigenvalue weighted by Crippen LogP contribution is -2.29. The van der Waals surface area contributed by atoms with Gasteiger partial charge in [0, 0.05) is 11.6 Å². The van der Waals surface area contributed by atoms with Crippen LogP contribution in [0.4, 0.5) is 0 Å². The SMILES string of the molecule is CCCCN1C(=O)CSC1c1ccc(Cl)cc1. The van der Waals surface area contributed by atoms with E-state index in [0.29, 0.717) is 5.75 Å². The number of rotatable bonds is 4. The molecule has 0 radical (unpaired) electrons. The first kappa shape index (κ1) is 12.8. The number of unbranched alkanes of at least 4 members (excludes halogenated alkanes) is 1. The number of halogens is 1. The predicted molar refractivity (Wildman–Crippen MR) is 73.3 cm³/mol. The van der Waals surface area contributed by atoms with Crippen LogP contribution in [-0.2, 0) is 4.79 Å². The molecule has 1 atom stereocenters. The molecule has 0 bridgehead atoms. The average molecular weight is 270 g/mol. The summed E-state index contributed by atoms with van der Waals surface area (Å²) < 4.78 is 0. The van der Waals surface area contributed by atoms with Gasteiger partial charge in [-0.15, -0.1) is 11.8 Å². The van der Waals surface area contributed by atoms with E-state index in [9.17, 15) is 4.79 Å². The maximum Gasteiger partial charge on any atom is 0.233 e. The Hall–Kier alpha value is -0.670. The van der Waals surface area contributed by atoms with Gasteiger partial charge in [0.1, 0.15) is 5.37 Å². The molecule has 1 aliphatic heterocycles. The van der Waals surface area contributed by atoms with E-state index in [1.165, 1.54) is 5.56 Å². The van der Waals surface area contributed by atoms with Crippen LogP contribution < -0.4 is 0 Å². The van der Waals surface area contributed by atoms with E-state index in [1.54, 1.807) is 11.8 Å². The lowest BCUT2D eigenvalue weighted by atomic mass is 10.2. The van der Waals surface area contributed by atoms with Crippen LogP contribution in [0, 0.1) is 0 Å². The minimum atomic E-state index is 0.173. The number of amides is 1. The van der Waals surface area contributed by atoms with Gasteiger partial charge in [-0.25, -0.2) is 0 Å². The van der Waals surface area contributed by atoms with Crippen molar-refractivity contribution in [3.8, 4) is 0 Å². The largest absolute Gasteiger partial charge is 0.326 e. The minimum Gasteiger partial charge on any atom is -0.326 e. The lowest BCUT2D eigenvalue weighted by molar-refractivity contribution is -0.128. The summed E-state index contributed by atoms with van der Waals surface area (Å²) in [6.45, 7) is 3.00. The molecule has 0 aromatic heterocycles. The molecule has 0 spiro atoms. The van der Waals surface area contributed by atoms with E-state index in [4.69, 9.17) is 11.6 Å². The molecule has 4 heteroatoms. The first-order valence-electron chi connectivity index (χ1n) is 5.89. The fourth-order valence-corrected chi connectivity index (χ4v) is 3.27. The van der Waals surface area contributed by atoms with Crippen molar-refractivity contribution in [2.75, 3.05) is 12.3 Å². The Morgan fingerprint density at radius 1 is 1.41 bits per heavy atom. The highest BCUT2D eigenvalue weighted by molar-refractivity contribution is 8.00. The molecule has 1 aliphatic rings. The van der Waals surface area contributed by atoms with Gasteiger partial charge in [0.15, 0.2) is 0 Å². The first-order valence-corrected chi connectivity index (χ1v) is 7.31. The van der Waals surface area contributed by atoms with Gasteiger partial charge in [-0.3, -0.25) is 4.79 Å². The monoisotopic (exact) mass is 269 g/mol. The van der Waals surface area contributed by atoms with E-state index in [-0.39, 0.29) is 11.3 Å². The number of benzene rings is 1. The standard InChI is InChI=1S/C13H16ClNOS/c1-2-3-8-15-12(16)9-17-13(15)10-4-6-11(14)7-5-10/h4-7,13H,2-3,8-9H2,1H3. The highest BCUT2D eigenvalue weighted by Gasteiger charge is 2.31. The van der Waals surface area contributed by atoms with Crippen molar-refractivity contribution in [1.82, 2.24) is 4.90 Å². The fraction of sp³-hybridized carbons (Fsp3) is 0.462. The molecule has 0 aliphatic carbocycles. The van der Waals surface area contributed by atoms with Crippen molar-refractivity contribution in [3.05, 3.63) is 34.9 Å². The maximum absolute atomic E-state index is 11.8. The second kappa shape index (κ2) is 5.78. The van der Waals surface area contributed by atoms with E-state index in [0.717, 1.165) is 24.4 Å². The van der Waals surface area contributed by atoms with Gasteiger partial charge in [0.05, 0.1) is 5.75 Å². The number of carbonyl (C=O) groups excluding carboxylic acids is 1. The zero-order valence-corrected chi connectivity index (χ0v) is 11.4. The fourth-order valence-electron chi connectivity index (χ4n) is 1.93. The van der Waals surface area contributed by atoms with Crippen molar-refractivity contribution in [2.45, 2.75) is 25.1 Å². The minimum absolute atomic E-state index is 0.173. The molecule has 2 rings (SSSR count). The molecule has 1 saturated heterocycles.